The topological polar surface area (TPSA) is 117 Å². The first-order chi connectivity index (χ1) is 9.72. The SMILES string of the molecule is CCNS(=O)(=O)CCNS(=O)(=O)c1cnc(NC)c(Cl)c1. The van der Waals surface area contributed by atoms with Crippen LogP contribution in [0.5, 0.6) is 0 Å². The molecule has 0 saturated carbocycles. The van der Waals surface area contributed by atoms with Gasteiger partial charge in [0.2, 0.25) is 20.0 Å². The molecule has 1 heterocycles. The zero-order valence-corrected chi connectivity index (χ0v) is 13.9. The molecule has 0 spiro atoms. The first-order valence-corrected chi connectivity index (χ1v) is 9.53. The highest BCUT2D eigenvalue weighted by molar-refractivity contribution is 7.90. The predicted octanol–water partition coefficient (Wildman–Crippen LogP) is -0.00570. The van der Waals surface area contributed by atoms with Crippen LogP contribution in [-0.2, 0) is 20.0 Å². The number of hydrogen-bond acceptors (Lipinski definition) is 6. The minimum atomic E-state index is -3.86. The van der Waals surface area contributed by atoms with Gasteiger partial charge in [-0.05, 0) is 6.07 Å². The lowest BCUT2D eigenvalue weighted by molar-refractivity contribution is 0.576. The third-order valence-electron chi connectivity index (χ3n) is 2.39. The van der Waals surface area contributed by atoms with Gasteiger partial charge in [0, 0.05) is 26.3 Å². The Morgan fingerprint density at radius 3 is 2.43 bits per heavy atom. The van der Waals surface area contributed by atoms with E-state index < -0.39 is 20.0 Å². The van der Waals surface area contributed by atoms with Gasteiger partial charge >= 0.3 is 0 Å². The molecular weight excluding hydrogens is 340 g/mol. The van der Waals surface area contributed by atoms with E-state index in [9.17, 15) is 16.8 Å². The van der Waals surface area contributed by atoms with Crippen molar-refractivity contribution in [2.24, 2.45) is 0 Å². The zero-order valence-electron chi connectivity index (χ0n) is 11.6. The molecule has 120 valence electrons. The minimum Gasteiger partial charge on any atom is -0.372 e. The van der Waals surface area contributed by atoms with Gasteiger partial charge < -0.3 is 5.32 Å². The molecule has 0 aliphatic rings. The lowest BCUT2D eigenvalue weighted by Crippen LogP contribution is -2.34. The van der Waals surface area contributed by atoms with Crippen molar-refractivity contribution in [2.75, 3.05) is 31.2 Å². The Balaban J connectivity index is 2.76. The first-order valence-electron chi connectivity index (χ1n) is 6.02. The monoisotopic (exact) mass is 356 g/mol. The van der Waals surface area contributed by atoms with Crippen LogP contribution in [0.4, 0.5) is 5.82 Å². The summed E-state index contributed by atoms with van der Waals surface area (Å²) in [6.07, 6.45) is 1.14. The number of nitrogens with one attached hydrogen (secondary N) is 3. The molecule has 0 bridgehead atoms. The van der Waals surface area contributed by atoms with Crippen LogP contribution >= 0.6 is 11.6 Å². The van der Waals surface area contributed by atoms with E-state index in [0.717, 1.165) is 6.20 Å². The molecule has 11 heteroatoms. The molecule has 0 unspecified atom stereocenters. The molecule has 0 aliphatic carbocycles. The standard InChI is InChI=1S/C10H17ClN4O4S2/c1-3-14-20(16,17)5-4-15-21(18,19)8-6-9(11)10(12-2)13-7-8/h6-7,14-15H,3-5H2,1-2H3,(H,12,13). The van der Waals surface area contributed by atoms with Gasteiger partial charge in [-0.3, -0.25) is 0 Å². The quantitative estimate of drug-likeness (QED) is 0.603. The van der Waals surface area contributed by atoms with Crippen molar-refractivity contribution < 1.29 is 16.8 Å². The lowest BCUT2D eigenvalue weighted by atomic mass is 10.4. The van der Waals surface area contributed by atoms with Crippen LogP contribution in [-0.4, -0.2) is 47.7 Å². The fourth-order valence-electron chi connectivity index (χ4n) is 1.44. The number of hydrogen-bond donors (Lipinski definition) is 3. The Morgan fingerprint density at radius 1 is 1.24 bits per heavy atom. The molecular formula is C10H17ClN4O4S2. The summed E-state index contributed by atoms with van der Waals surface area (Å²) in [5, 5.41) is 2.86. The lowest BCUT2D eigenvalue weighted by Gasteiger charge is -2.09. The maximum absolute atomic E-state index is 12.0. The van der Waals surface area contributed by atoms with Crippen molar-refractivity contribution in [3.8, 4) is 0 Å². The summed E-state index contributed by atoms with van der Waals surface area (Å²) in [4.78, 5) is 3.72. The van der Waals surface area contributed by atoms with Crippen molar-refractivity contribution in [2.45, 2.75) is 11.8 Å². The minimum absolute atomic E-state index is 0.132. The van der Waals surface area contributed by atoms with E-state index in [1.807, 2.05) is 0 Å². The molecule has 0 atom stereocenters. The number of anilines is 1. The van der Waals surface area contributed by atoms with Crippen LogP contribution in [0.15, 0.2) is 17.2 Å². The average Bonchev–Trinajstić information content (AvgIpc) is 2.37. The van der Waals surface area contributed by atoms with Crippen LogP contribution in [0.2, 0.25) is 5.02 Å². The van der Waals surface area contributed by atoms with E-state index in [2.05, 4.69) is 19.7 Å². The summed E-state index contributed by atoms with van der Waals surface area (Å²) in [6, 6.07) is 1.24. The molecule has 0 aliphatic heterocycles. The Labute approximate surface area is 129 Å². The molecule has 3 N–H and O–H groups in total. The van der Waals surface area contributed by atoms with Gasteiger partial charge in [0.25, 0.3) is 0 Å². The molecule has 0 aromatic carbocycles. The van der Waals surface area contributed by atoms with Crippen LogP contribution in [0, 0.1) is 0 Å². The van der Waals surface area contributed by atoms with E-state index in [1.54, 1.807) is 14.0 Å². The largest absolute Gasteiger partial charge is 0.372 e. The second-order valence-electron chi connectivity index (χ2n) is 3.97. The molecule has 0 radical (unpaired) electrons. The number of halogens is 1. The van der Waals surface area contributed by atoms with Gasteiger partial charge in [0.15, 0.2) is 0 Å². The predicted molar refractivity (Wildman–Crippen MR) is 81.4 cm³/mol. The van der Waals surface area contributed by atoms with Crippen molar-refractivity contribution in [3.05, 3.63) is 17.3 Å². The smallest absolute Gasteiger partial charge is 0.242 e. The second kappa shape index (κ2) is 7.36. The summed E-state index contributed by atoms with van der Waals surface area (Å²) >= 11 is 5.86. The number of sulfonamides is 2. The Hall–Kier alpha value is -0.940. The molecule has 0 fully saturated rings. The van der Waals surface area contributed by atoms with E-state index in [1.165, 1.54) is 6.07 Å². The highest BCUT2D eigenvalue weighted by Crippen LogP contribution is 2.21. The Bertz CT molecular complexity index is 691. The Morgan fingerprint density at radius 2 is 1.90 bits per heavy atom. The second-order valence-corrected chi connectivity index (χ2v) is 8.07. The van der Waals surface area contributed by atoms with Crippen molar-refractivity contribution >= 4 is 37.5 Å². The number of nitrogens with zero attached hydrogens (tertiary/aromatic N) is 1. The fraction of sp³-hybridized carbons (Fsp3) is 0.500. The summed E-state index contributed by atoms with van der Waals surface area (Å²) in [7, 11) is -5.74. The maximum atomic E-state index is 12.0. The third kappa shape index (κ3) is 5.40. The number of aromatic nitrogens is 1. The maximum Gasteiger partial charge on any atom is 0.242 e. The summed E-state index contributed by atoms with van der Waals surface area (Å²) in [5.74, 6) is 0.000808. The molecule has 1 aromatic rings. The van der Waals surface area contributed by atoms with Gasteiger partial charge in [0.1, 0.15) is 10.7 Å². The summed E-state index contributed by atoms with van der Waals surface area (Å²) in [6.45, 7) is 1.64. The van der Waals surface area contributed by atoms with Gasteiger partial charge in [-0.15, -0.1) is 0 Å². The van der Waals surface area contributed by atoms with E-state index in [0.29, 0.717) is 5.82 Å². The molecule has 1 rings (SSSR count). The van der Waals surface area contributed by atoms with Crippen LogP contribution in [0.3, 0.4) is 0 Å². The summed E-state index contributed by atoms with van der Waals surface area (Å²) in [5.41, 5.74) is 0. The molecule has 0 saturated heterocycles. The zero-order chi connectivity index (χ0) is 16.1. The van der Waals surface area contributed by atoms with E-state index >= 15 is 0 Å². The van der Waals surface area contributed by atoms with Crippen LogP contribution in [0.25, 0.3) is 0 Å². The number of rotatable bonds is 8. The first kappa shape index (κ1) is 18.1. The van der Waals surface area contributed by atoms with Crippen LogP contribution < -0.4 is 14.8 Å². The molecule has 0 amide bonds. The van der Waals surface area contributed by atoms with Gasteiger partial charge in [-0.1, -0.05) is 18.5 Å². The average molecular weight is 357 g/mol. The van der Waals surface area contributed by atoms with E-state index in [-0.39, 0.29) is 28.8 Å². The highest BCUT2D eigenvalue weighted by atomic mass is 35.5. The normalized spacial score (nSPS) is 12.3. The van der Waals surface area contributed by atoms with Crippen molar-refractivity contribution in [1.29, 1.82) is 0 Å². The fourth-order valence-corrected chi connectivity index (χ4v) is 3.85. The van der Waals surface area contributed by atoms with Gasteiger partial charge in [-0.25, -0.2) is 31.3 Å². The Kier molecular flexibility index (Phi) is 6.35. The van der Waals surface area contributed by atoms with Gasteiger partial charge in [0.05, 0.1) is 10.8 Å². The van der Waals surface area contributed by atoms with Gasteiger partial charge in [-0.2, -0.15) is 0 Å². The highest BCUT2D eigenvalue weighted by Gasteiger charge is 2.17. The van der Waals surface area contributed by atoms with E-state index in [4.69, 9.17) is 11.6 Å². The molecule has 1 aromatic heterocycles. The van der Waals surface area contributed by atoms with Crippen molar-refractivity contribution in [3.63, 3.8) is 0 Å². The summed E-state index contributed by atoms with van der Waals surface area (Å²) < 4.78 is 51.2. The molecule has 21 heavy (non-hydrogen) atoms. The number of pyridine rings is 1. The third-order valence-corrected chi connectivity index (χ3v) is 5.58. The molecule has 8 nitrogen and oxygen atoms in total. The van der Waals surface area contributed by atoms with Crippen molar-refractivity contribution in [1.82, 2.24) is 14.4 Å². The van der Waals surface area contributed by atoms with Crippen LogP contribution in [0.1, 0.15) is 6.92 Å².